The Bertz CT molecular complexity index is 880. The molecule has 0 aromatic heterocycles. The number of ether oxygens (including phenoxy) is 1. The van der Waals surface area contributed by atoms with Gasteiger partial charge < -0.3 is 9.84 Å². The number of nitro groups is 2. The van der Waals surface area contributed by atoms with Gasteiger partial charge in [0.05, 0.1) is 28.3 Å². The molecule has 0 aliphatic heterocycles. The molecule has 0 heterocycles. The van der Waals surface area contributed by atoms with E-state index in [1.54, 1.807) is 0 Å². The molecule has 0 spiro atoms. The molecule has 0 fully saturated rings. The molecule has 0 saturated carbocycles. The molecule has 134 valence electrons. The average Bonchev–Trinajstić information content (AvgIpc) is 2.59. The first-order valence-corrected chi connectivity index (χ1v) is 7.20. The maximum Gasteiger partial charge on any atom is 0.319 e. The molecule has 2 aromatic rings. The molecule has 0 amide bonds. The summed E-state index contributed by atoms with van der Waals surface area (Å²) in [5.74, 6) is -3.75. The maximum atomic E-state index is 12.4. The molecule has 10 heteroatoms. The Morgan fingerprint density at radius 1 is 1.00 bits per heavy atom. The van der Waals surface area contributed by atoms with Crippen LogP contribution >= 0.6 is 0 Å². The van der Waals surface area contributed by atoms with E-state index in [1.165, 1.54) is 36.4 Å². The summed E-state index contributed by atoms with van der Waals surface area (Å²) in [6, 6.07) is 9.81. The van der Waals surface area contributed by atoms with Crippen molar-refractivity contribution in [3.8, 4) is 5.75 Å². The summed E-state index contributed by atoms with van der Waals surface area (Å²) >= 11 is 0. The van der Waals surface area contributed by atoms with Crippen LogP contribution in [0.15, 0.2) is 48.5 Å². The number of nitrogens with zero attached hydrogens (tertiary/aromatic N) is 2. The van der Waals surface area contributed by atoms with E-state index >= 15 is 0 Å². The van der Waals surface area contributed by atoms with E-state index in [0.29, 0.717) is 0 Å². The molecule has 1 N–H and O–H groups in total. The highest BCUT2D eigenvalue weighted by atomic mass is 16.6. The third kappa shape index (κ3) is 4.60. The van der Waals surface area contributed by atoms with Crippen LogP contribution in [0.3, 0.4) is 0 Å². The number of carbonyl (C=O) groups excluding carboxylic acids is 1. The number of nitro benzene ring substituents is 2. The average molecular weight is 360 g/mol. The van der Waals surface area contributed by atoms with Gasteiger partial charge in [0, 0.05) is 18.2 Å². The van der Waals surface area contributed by atoms with Gasteiger partial charge in [-0.3, -0.25) is 29.8 Å². The number of carbonyl (C=O) groups is 2. The van der Waals surface area contributed by atoms with Gasteiger partial charge in [-0.15, -0.1) is 0 Å². The lowest BCUT2D eigenvalue weighted by Gasteiger charge is -2.14. The minimum atomic E-state index is -1.31. The van der Waals surface area contributed by atoms with E-state index in [2.05, 4.69) is 0 Å². The van der Waals surface area contributed by atoms with Crippen molar-refractivity contribution in [1.82, 2.24) is 0 Å². The van der Waals surface area contributed by atoms with Gasteiger partial charge in [0.15, 0.2) is 0 Å². The van der Waals surface area contributed by atoms with E-state index in [9.17, 15) is 29.8 Å². The molecular formula is C16H12N2O8. The molecule has 26 heavy (non-hydrogen) atoms. The summed E-state index contributed by atoms with van der Waals surface area (Å²) in [5.41, 5.74) is -0.515. The van der Waals surface area contributed by atoms with Gasteiger partial charge in [-0.25, -0.2) is 0 Å². The molecule has 10 nitrogen and oxygen atoms in total. The summed E-state index contributed by atoms with van der Waals surface area (Å²) in [5, 5.41) is 30.7. The zero-order chi connectivity index (χ0) is 19.3. The second-order valence-electron chi connectivity index (χ2n) is 5.18. The summed E-state index contributed by atoms with van der Waals surface area (Å²) in [6.45, 7) is 0. The standard InChI is InChI=1S/C16H12N2O8/c19-15(20)9-14(10-3-1-4-11(7-10)17(22)23)16(21)26-13-6-2-5-12(8-13)18(24)25/h1-8,14H,9H2,(H,19,20). The van der Waals surface area contributed by atoms with E-state index in [-0.39, 0.29) is 22.7 Å². The van der Waals surface area contributed by atoms with Crippen molar-refractivity contribution in [2.45, 2.75) is 12.3 Å². The molecular weight excluding hydrogens is 348 g/mol. The first-order valence-electron chi connectivity index (χ1n) is 7.20. The molecule has 0 radical (unpaired) electrons. The number of carboxylic acid groups (broad SMARTS) is 1. The van der Waals surface area contributed by atoms with Gasteiger partial charge in [-0.1, -0.05) is 18.2 Å². The zero-order valence-electron chi connectivity index (χ0n) is 13.1. The quantitative estimate of drug-likeness (QED) is 0.342. The van der Waals surface area contributed by atoms with E-state index in [4.69, 9.17) is 9.84 Å². The van der Waals surface area contributed by atoms with Crippen molar-refractivity contribution < 1.29 is 29.3 Å². The van der Waals surface area contributed by atoms with Crippen molar-refractivity contribution >= 4 is 23.3 Å². The fourth-order valence-electron chi connectivity index (χ4n) is 2.21. The number of benzene rings is 2. The smallest absolute Gasteiger partial charge is 0.319 e. The second kappa shape index (κ2) is 7.83. The summed E-state index contributed by atoms with van der Waals surface area (Å²) in [7, 11) is 0. The summed E-state index contributed by atoms with van der Waals surface area (Å²) in [4.78, 5) is 43.7. The first kappa shape index (κ1) is 18.5. The number of aliphatic carboxylic acids is 1. The monoisotopic (exact) mass is 360 g/mol. The second-order valence-corrected chi connectivity index (χ2v) is 5.18. The van der Waals surface area contributed by atoms with Gasteiger partial charge in [0.25, 0.3) is 11.4 Å². The fraction of sp³-hybridized carbons (Fsp3) is 0.125. The Labute approximate surface area is 145 Å². The molecule has 2 rings (SSSR count). The predicted molar refractivity (Wildman–Crippen MR) is 86.8 cm³/mol. The lowest BCUT2D eigenvalue weighted by molar-refractivity contribution is -0.385. The largest absolute Gasteiger partial charge is 0.481 e. The third-order valence-corrected chi connectivity index (χ3v) is 3.39. The molecule has 1 atom stereocenters. The number of carboxylic acids is 1. The van der Waals surface area contributed by atoms with Crippen LogP contribution in [-0.4, -0.2) is 26.9 Å². The highest BCUT2D eigenvalue weighted by Crippen LogP contribution is 2.27. The van der Waals surface area contributed by atoms with Crippen molar-refractivity contribution in [3.63, 3.8) is 0 Å². The molecule has 0 saturated heterocycles. The SMILES string of the molecule is O=C(O)CC(C(=O)Oc1cccc([N+](=O)[O-])c1)c1cccc([N+](=O)[O-])c1. The van der Waals surface area contributed by atoms with Gasteiger partial charge in [-0.05, 0) is 11.6 Å². The minimum Gasteiger partial charge on any atom is -0.481 e. The lowest BCUT2D eigenvalue weighted by atomic mass is 9.95. The molecule has 0 aliphatic carbocycles. The normalized spacial score (nSPS) is 11.4. The van der Waals surface area contributed by atoms with Gasteiger partial charge in [0.1, 0.15) is 5.75 Å². The van der Waals surface area contributed by atoms with Gasteiger partial charge >= 0.3 is 11.9 Å². The number of non-ortho nitro benzene ring substituents is 2. The van der Waals surface area contributed by atoms with Crippen LogP contribution in [0.2, 0.25) is 0 Å². The van der Waals surface area contributed by atoms with Gasteiger partial charge in [0.2, 0.25) is 0 Å². The zero-order valence-corrected chi connectivity index (χ0v) is 13.1. The Morgan fingerprint density at radius 3 is 2.15 bits per heavy atom. The van der Waals surface area contributed by atoms with Crippen molar-refractivity contribution in [3.05, 3.63) is 74.3 Å². The highest BCUT2D eigenvalue weighted by Gasteiger charge is 2.27. The topological polar surface area (TPSA) is 150 Å². The van der Waals surface area contributed by atoms with Crippen LogP contribution < -0.4 is 4.74 Å². The van der Waals surface area contributed by atoms with E-state index in [1.807, 2.05) is 0 Å². The van der Waals surface area contributed by atoms with E-state index in [0.717, 1.165) is 12.1 Å². The third-order valence-electron chi connectivity index (χ3n) is 3.39. The number of esters is 1. The molecule has 1 unspecified atom stereocenters. The van der Waals surface area contributed by atoms with Crippen LogP contribution in [0.5, 0.6) is 5.75 Å². The molecule has 0 aliphatic rings. The number of hydrogen-bond donors (Lipinski definition) is 1. The Balaban J connectivity index is 2.31. The minimum absolute atomic E-state index is 0.0945. The predicted octanol–water partition coefficient (Wildman–Crippen LogP) is 2.67. The van der Waals surface area contributed by atoms with Crippen molar-refractivity contribution in [2.24, 2.45) is 0 Å². The van der Waals surface area contributed by atoms with Gasteiger partial charge in [-0.2, -0.15) is 0 Å². The van der Waals surface area contributed by atoms with Crippen LogP contribution in [0.4, 0.5) is 11.4 Å². The Hall–Kier alpha value is -3.82. The maximum absolute atomic E-state index is 12.4. The first-order chi connectivity index (χ1) is 12.3. The number of hydrogen-bond acceptors (Lipinski definition) is 7. The van der Waals surface area contributed by atoms with Crippen molar-refractivity contribution in [2.75, 3.05) is 0 Å². The summed E-state index contributed by atoms with van der Waals surface area (Å²) in [6.07, 6.45) is -0.658. The molecule has 2 aromatic carbocycles. The fourth-order valence-corrected chi connectivity index (χ4v) is 2.21. The van der Waals surface area contributed by atoms with E-state index < -0.39 is 34.1 Å². The van der Waals surface area contributed by atoms with Crippen LogP contribution in [0, 0.1) is 20.2 Å². The Morgan fingerprint density at radius 2 is 1.58 bits per heavy atom. The number of rotatable bonds is 7. The van der Waals surface area contributed by atoms with Crippen LogP contribution in [0.1, 0.15) is 17.9 Å². The van der Waals surface area contributed by atoms with Crippen molar-refractivity contribution in [1.29, 1.82) is 0 Å². The van der Waals surface area contributed by atoms with Crippen LogP contribution in [0.25, 0.3) is 0 Å². The van der Waals surface area contributed by atoms with Crippen LogP contribution in [-0.2, 0) is 9.59 Å². The Kier molecular flexibility index (Phi) is 5.58. The molecule has 0 bridgehead atoms. The summed E-state index contributed by atoms with van der Waals surface area (Å²) < 4.78 is 5.05. The lowest BCUT2D eigenvalue weighted by Crippen LogP contribution is -2.21. The highest BCUT2D eigenvalue weighted by molar-refractivity contribution is 5.85.